The molecule has 3 N–H and O–H groups in total. The highest BCUT2D eigenvalue weighted by Gasteiger charge is 2.36. The summed E-state index contributed by atoms with van der Waals surface area (Å²) in [6, 6.07) is 2.45. The van der Waals surface area contributed by atoms with E-state index in [0.717, 1.165) is 5.69 Å². The maximum Gasteiger partial charge on any atom is 0.326 e. The van der Waals surface area contributed by atoms with Crippen LogP contribution in [0.15, 0.2) is 24.7 Å². The first-order valence-corrected chi connectivity index (χ1v) is 5.85. The molecule has 98 valence electrons. The zero-order chi connectivity index (χ0) is 13.4. The summed E-state index contributed by atoms with van der Waals surface area (Å²) in [7, 11) is 0. The van der Waals surface area contributed by atoms with E-state index in [1.54, 1.807) is 18.3 Å². The van der Waals surface area contributed by atoms with Crippen LogP contribution in [-0.2, 0) is 17.8 Å². The lowest BCUT2D eigenvalue weighted by molar-refractivity contribution is -0.142. The van der Waals surface area contributed by atoms with Crippen molar-refractivity contribution in [2.45, 2.75) is 19.0 Å². The van der Waals surface area contributed by atoms with Gasteiger partial charge in [0.15, 0.2) is 0 Å². The third-order valence-corrected chi connectivity index (χ3v) is 3.27. The van der Waals surface area contributed by atoms with Crippen LogP contribution < -0.4 is 0 Å². The zero-order valence-corrected chi connectivity index (χ0v) is 9.96. The van der Waals surface area contributed by atoms with Crippen molar-refractivity contribution in [1.82, 2.24) is 19.9 Å². The van der Waals surface area contributed by atoms with Crippen molar-refractivity contribution < 1.29 is 14.7 Å². The van der Waals surface area contributed by atoms with Gasteiger partial charge in [0.05, 0.1) is 24.3 Å². The standard InChI is InChI=1S/C12H12N4O3/c17-11(7-2-1-3-13-7)16-5-9-8(14-6-15-9)4-10(16)12(18)19/h1-3,6,10,13H,4-5H2,(H,14,15)(H,18,19). The normalized spacial score (nSPS) is 18.1. The van der Waals surface area contributed by atoms with Gasteiger partial charge in [-0.2, -0.15) is 0 Å². The summed E-state index contributed by atoms with van der Waals surface area (Å²) in [5.74, 6) is -1.34. The van der Waals surface area contributed by atoms with Crippen LogP contribution in [0.4, 0.5) is 0 Å². The highest BCUT2D eigenvalue weighted by atomic mass is 16.4. The molecule has 1 aliphatic rings. The molecule has 0 aromatic carbocycles. The van der Waals surface area contributed by atoms with Crippen LogP contribution in [-0.4, -0.2) is 42.9 Å². The molecule has 2 aromatic rings. The van der Waals surface area contributed by atoms with Crippen LogP contribution >= 0.6 is 0 Å². The summed E-state index contributed by atoms with van der Waals surface area (Å²) in [4.78, 5) is 34.8. The summed E-state index contributed by atoms with van der Waals surface area (Å²) in [6.07, 6.45) is 3.38. The number of carbonyl (C=O) groups is 2. The molecule has 1 amide bonds. The van der Waals surface area contributed by atoms with E-state index in [1.807, 2.05) is 0 Å². The van der Waals surface area contributed by atoms with Gasteiger partial charge in [0.25, 0.3) is 5.91 Å². The van der Waals surface area contributed by atoms with Crippen LogP contribution in [0.5, 0.6) is 0 Å². The molecule has 1 atom stereocenters. The predicted molar refractivity (Wildman–Crippen MR) is 64.4 cm³/mol. The van der Waals surface area contributed by atoms with Crippen molar-refractivity contribution in [3.05, 3.63) is 41.7 Å². The molecule has 0 radical (unpaired) electrons. The van der Waals surface area contributed by atoms with Crippen LogP contribution in [0.3, 0.4) is 0 Å². The number of aromatic amines is 2. The molecular weight excluding hydrogens is 248 g/mol. The number of nitrogens with one attached hydrogen (secondary N) is 2. The van der Waals surface area contributed by atoms with Crippen molar-refractivity contribution in [3.8, 4) is 0 Å². The van der Waals surface area contributed by atoms with Crippen molar-refractivity contribution >= 4 is 11.9 Å². The number of imidazole rings is 1. The summed E-state index contributed by atoms with van der Waals surface area (Å²) in [5.41, 5.74) is 1.88. The van der Waals surface area contributed by atoms with Gasteiger partial charge in [-0.25, -0.2) is 9.78 Å². The summed E-state index contributed by atoms with van der Waals surface area (Å²) < 4.78 is 0. The molecule has 1 unspecified atom stereocenters. The Balaban J connectivity index is 1.95. The van der Waals surface area contributed by atoms with E-state index in [0.29, 0.717) is 11.4 Å². The van der Waals surface area contributed by atoms with Crippen LogP contribution in [0.2, 0.25) is 0 Å². The first kappa shape index (κ1) is 11.5. The Labute approximate surface area is 108 Å². The Morgan fingerprint density at radius 3 is 2.95 bits per heavy atom. The lowest BCUT2D eigenvalue weighted by Crippen LogP contribution is -2.48. The molecule has 7 nitrogen and oxygen atoms in total. The number of carboxylic acid groups (broad SMARTS) is 1. The SMILES string of the molecule is O=C(O)C1Cc2nc[nH]c2CN1C(=O)c1ccc[nH]1. The van der Waals surface area contributed by atoms with Crippen molar-refractivity contribution in [2.24, 2.45) is 0 Å². The van der Waals surface area contributed by atoms with E-state index in [2.05, 4.69) is 15.0 Å². The number of hydrogen-bond acceptors (Lipinski definition) is 3. The molecule has 2 aromatic heterocycles. The van der Waals surface area contributed by atoms with E-state index in [-0.39, 0.29) is 18.9 Å². The van der Waals surface area contributed by atoms with Crippen molar-refractivity contribution in [3.63, 3.8) is 0 Å². The molecule has 0 saturated heterocycles. The van der Waals surface area contributed by atoms with Crippen LogP contribution in [0.1, 0.15) is 21.9 Å². The minimum atomic E-state index is -1.02. The van der Waals surface area contributed by atoms with E-state index in [1.165, 1.54) is 11.2 Å². The topological polar surface area (TPSA) is 102 Å². The number of carbonyl (C=O) groups excluding carboxylic acids is 1. The Kier molecular flexibility index (Phi) is 2.59. The second-order valence-corrected chi connectivity index (χ2v) is 4.40. The average Bonchev–Trinajstić information content (AvgIpc) is 3.06. The van der Waals surface area contributed by atoms with Gasteiger partial charge in [-0.1, -0.05) is 0 Å². The Hall–Kier alpha value is -2.57. The molecule has 0 bridgehead atoms. The summed E-state index contributed by atoms with van der Waals surface area (Å²) in [5, 5.41) is 9.28. The molecule has 3 rings (SSSR count). The van der Waals surface area contributed by atoms with E-state index in [9.17, 15) is 14.7 Å². The fourth-order valence-electron chi connectivity index (χ4n) is 2.29. The Morgan fingerprint density at radius 2 is 2.26 bits per heavy atom. The van der Waals surface area contributed by atoms with Gasteiger partial charge < -0.3 is 20.0 Å². The number of rotatable bonds is 2. The lowest BCUT2D eigenvalue weighted by atomic mass is 10.0. The van der Waals surface area contributed by atoms with Gasteiger partial charge in [0, 0.05) is 12.6 Å². The molecular formula is C12H12N4O3. The van der Waals surface area contributed by atoms with Gasteiger partial charge in [-0.3, -0.25) is 4.79 Å². The maximum atomic E-state index is 12.3. The van der Waals surface area contributed by atoms with Crippen LogP contribution in [0, 0.1) is 0 Å². The zero-order valence-electron chi connectivity index (χ0n) is 9.96. The molecule has 19 heavy (non-hydrogen) atoms. The van der Waals surface area contributed by atoms with E-state index < -0.39 is 12.0 Å². The van der Waals surface area contributed by atoms with Gasteiger partial charge in [0.2, 0.25) is 0 Å². The first-order chi connectivity index (χ1) is 9.16. The third kappa shape index (κ3) is 1.88. The van der Waals surface area contributed by atoms with E-state index in [4.69, 9.17) is 0 Å². The monoisotopic (exact) mass is 260 g/mol. The number of H-pyrrole nitrogens is 2. The largest absolute Gasteiger partial charge is 0.480 e. The van der Waals surface area contributed by atoms with Crippen LogP contribution in [0.25, 0.3) is 0 Å². The predicted octanol–water partition coefficient (Wildman–Crippen LogP) is 0.389. The fraction of sp³-hybridized carbons (Fsp3) is 0.250. The molecule has 0 saturated carbocycles. The van der Waals surface area contributed by atoms with Gasteiger partial charge >= 0.3 is 5.97 Å². The van der Waals surface area contributed by atoms with E-state index >= 15 is 0 Å². The molecule has 0 spiro atoms. The average molecular weight is 260 g/mol. The first-order valence-electron chi connectivity index (χ1n) is 5.85. The van der Waals surface area contributed by atoms with Gasteiger partial charge in [-0.05, 0) is 12.1 Å². The Morgan fingerprint density at radius 1 is 1.42 bits per heavy atom. The number of aromatic nitrogens is 3. The second-order valence-electron chi connectivity index (χ2n) is 4.40. The number of carboxylic acids is 1. The maximum absolute atomic E-state index is 12.3. The quantitative estimate of drug-likeness (QED) is 0.726. The highest BCUT2D eigenvalue weighted by Crippen LogP contribution is 2.22. The van der Waals surface area contributed by atoms with Gasteiger partial charge in [0.1, 0.15) is 11.7 Å². The third-order valence-electron chi connectivity index (χ3n) is 3.27. The number of fused-ring (bicyclic) bond motifs is 1. The van der Waals surface area contributed by atoms with Crippen molar-refractivity contribution in [2.75, 3.05) is 0 Å². The Bertz CT molecular complexity index is 617. The minimum Gasteiger partial charge on any atom is -0.480 e. The number of hydrogen-bond donors (Lipinski definition) is 3. The molecule has 0 fully saturated rings. The molecule has 7 heteroatoms. The number of nitrogens with zero attached hydrogens (tertiary/aromatic N) is 2. The highest BCUT2D eigenvalue weighted by molar-refractivity contribution is 5.95. The summed E-state index contributed by atoms with van der Waals surface area (Å²) in [6.45, 7) is 0.226. The minimum absolute atomic E-state index is 0.223. The fourth-order valence-corrected chi connectivity index (χ4v) is 2.29. The summed E-state index contributed by atoms with van der Waals surface area (Å²) >= 11 is 0. The molecule has 3 heterocycles. The number of amides is 1. The number of aliphatic carboxylic acids is 1. The molecule has 0 aliphatic carbocycles. The lowest BCUT2D eigenvalue weighted by Gasteiger charge is -2.31. The smallest absolute Gasteiger partial charge is 0.326 e. The van der Waals surface area contributed by atoms with Gasteiger partial charge in [-0.15, -0.1) is 0 Å². The molecule has 1 aliphatic heterocycles. The van der Waals surface area contributed by atoms with Crippen molar-refractivity contribution in [1.29, 1.82) is 0 Å². The second kappa shape index (κ2) is 4.27.